The van der Waals surface area contributed by atoms with E-state index in [0.717, 1.165) is 16.8 Å². The Labute approximate surface area is 102 Å². The molecule has 0 bridgehead atoms. The number of H-pyrrole nitrogens is 1. The summed E-state index contributed by atoms with van der Waals surface area (Å²) in [5.41, 5.74) is 2.80. The van der Waals surface area contributed by atoms with E-state index in [2.05, 4.69) is 54.5 Å². The van der Waals surface area contributed by atoms with Gasteiger partial charge in [-0.15, -0.1) is 0 Å². The molecule has 3 heteroatoms. The fourth-order valence-electron chi connectivity index (χ4n) is 2.76. The summed E-state index contributed by atoms with van der Waals surface area (Å²) in [6.07, 6.45) is 3.20. The lowest BCUT2D eigenvalue weighted by atomic mass is 10.0. The molecule has 1 aromatic carbocycles. The van der Waals surface area contributed by atoms with E-state index in [9.17, 15) is 0 Å². The summed E-state index contributed by atoms with van der Waals surface area (Å²) in [6.45, 7) is 6.96. The Morgan fingerprint density at radius 2 is 2.24 bits per heavy atom. The maximum atomic E-state index is 4.04. The quantitative estimate of drug-likeness (QED) is 0.846. The highest BCUT2D eigenvalue weighted by Crippen LogP contribution is 2.53. The monoisotopic (exact) mass is 229 g/mol. The maximum Gasteiger partial charge on any atom is 0.0651 e. The van der Waals surface area contributed by atoms with Crippen molar-refractivity contribution >= 4 is 16.6 Å². The highest BCUT2D eigenvalue weighted by molar-refractivity contribution is 5.81. The average Bonchev–Trinajstić information content (AvgIpc) is 2.73. The number of nitrogens with one attached hydrogen (secondary N) is 2. The van der Waals surface area contributed by atoms with E-state index >= 15 is 0 Å². The summed E-state index contributed by atoms with van der Waals surface area (Å²) in [5.74, 6) is 0.794. The molecule has 0 saturated heterocycles. The number of anilines is 1. The third kappa shape index (κ3) is 1.90. The first-order valence-corrected chi connectivity index (χ1v) is 6.26. The number of benzene rings is 1. The lowest BCUT2D eigenvalue weighted by molar-refractivity contribution is 0.519. The van der Waals surface area contributed by atoms with Crippen molar-refractivity contribution in [3.05, 3.63) is 24.4 Å². The topological polar surface area (TPSA) is 40.7 Å². The molecular formula is C14H19N3. The van der Waals surface area contributed by atoms with Crippen molar-refractivity contribution in [1.82, 2.24) is 10.2 Å². The minimum atomic E-state index is 0.520. The second kappa shape index (κ2) is 3.49. The first kappa shape index (κ1) is 10.6. The molecule has 1 aromatic heterocycles. The number of hydrogen-bond acceptors (Lipinski definition) is 2. The fraction of sp³-hybridized carbons (Fsp3) is 0.500. The van der Waals surface area contributed by atoms with Crippen molar-refractivity contribution in [2.75, 3.05) is 5.32 Å². The van der Waals surface area contributed by atoms with Gasteiger partial charge >= 0.3 is 0 Å². The molecule has 0 aliphatic heterocycles. The second-order valence-electron chi connectivity index (χ2n) is 5.90. The highest BCUT2D eigenvalue weighted by atomic mass is 15.1. The zero-order valence-corrected chi connectivity index (χ0v) is 10.6. The van der Waals surface area contributed by atoms with Crippen LogP contribution in [0.3, 0.4) is 0 Å². The van der Waals surface area contributed by atoms with E-state index in [1.807, 2.05) is 6.20 Å². The summed E-state index contributed by atoms with van der Waals surface area (Å²) in [4.78, 5) is 0. The van der Waals surface area contributed by atoms with E-state index in [4.69, 9.17) is 0 Å². The Kier molecular flexibility index (Phi) is 2.18. The Bertz CT molecular complexity index is 541. The van der Waals surface area contributed by atoms with Crippen LogP contribution < -0.4 is 5.32 Å². The van der Waals surface area contributed by atoms with Crippen molar-refractivity contribution in [3.63, 3.8) is 0 Å². The molecule has 1 aliphatic carbocycles. The third-order valence-corrected chi connectivity index (χ3v) is 4.03. The van der Waals surface area contributed by atoms with E-state index < -0.39 is 0 Å². The molecular weight excluding hydrogens is 210 g/mol. The van der Waals surface area contributed by atoms with E-state index in [-0.39, 0.29) is 0 Å². The standard InChI is InChI=1S/C14H19N3/c1-9(12-7-14(12,2)3)16-11-4-5-13-10(6-11)8-15-17-13/h4-6,8-9,12,16H,7H2,1-3H3,(H,15,17)/t9-,12+/m0/s1. The first-order chi connectivity index (χ1) is 8.06. The summed E-state index contributed by atoms with van der Waals surface area (Å²) < 4.78 is 0. The van der Waals surface area contributed by atoms with Crippen molar-refractivity contribution in [2.45, 2.75) is 33.2 Å². The van der Waals surface area contributed by atoms with Crippen molar-refractivity contribution < 1.29 is 0 Å². The molecule has 0 amide bonds. The van der Waals surface area contributed by atoms with Gasteiger partial charge in [0.2, 0.25) is 0 Å². The van der Waals surface area contributed by atoms with E-state index in [1.165, 1.54) is 12.1 Å². The molecule has 0 radical (unpaired) electrons. The van der Waals surface area contributed by atoms with Crippen molar-refractivity contribution in [3.8, 4) is 0 Å². The molecule has 1 fully saturated rings. The van der Waals surface area contributed by atoms with Crippen LogP contribution in [0.2, 0.25) is 0 Å². The maximum absolute atomic E-state index is 4.04. The highest BCUT2D eigenvalue weighted by Gasteiger charge is 2.48. The summed E-state index contributed by atoms with van der Waals surface area (Å²) in [5, 5.41) is 11.8. The van der Waals surface area contributed by atoms with Crippen LogP contribution in [0.1, 0.15) is 27.2 Å². The number of hydrogen-bond donors (Lipinski definition) is 2. The smallest absolute Gasteiger partial charge is 0.0651 e. The molecule has 2 aromatic rings. The van der Waals surface area contributed by atoms with Gasteiger partial charge in [0.05, 0.1) is 11.7 Å². The van der Waals surface area contributed by atoms with Gasteiger partial charge in [0.15, 0.2) is 0 Å². The van der Waals surface area contributed by atoms with Crippen molar-refractivity contribution in [1.29, 1.82) is 0 Å². The summed E-state index contributed by atoms with van der Waals surface area (Å²) in [7, 11) is 0. The first-order valence-electron chi connectivity index (χ1n) is 6.26. The van der Waals surface area contributed by atoms with Gasteiger partial charge < -0.3 is 5.32 Å². The molecule has 90 valence electrons. The van der Waals surface area contributed by atoms with Gasteiger partial charge in [0.1, 0.15) is 0 Å². The predicted octanol–water partition coefficient (Wildman–Crippen LogP) is 3.41. The second-order valence-corrected chi connectivity index (χ2v) is 5.90. The van der Waals surface area contributed by atoms with Crippen LogP contribution in [0.25, 0.3) is 10.9 Å². The SMILES string of the molecule is C[C@H](Nc1ccc2[nH]ncc2c1)[C@H]1CC1(C)C. The van der Waals surface area contributed by atoms with Crippen LogP contribution in [-0.2, 0) is 0 Å². The van der Waals surface area contributed by atoms with Crippen LogP contribution in [0.4, 0.5) is 5.69 Å². The number of aromatic nitrogens is 2. The molecule has 1 heterocycles. The minimum absolute atomic E-state index is 0.520. The third-order valence-electron chi connectivity index (χ3n) is 4.03. The van der Waals surface area contributed by atoms with Gasteiger partial charge in [-0.2, -0.15) is 5.10 Å². The predicted molar refractivity (Wildman–Crippen MR) is 71.1 cm³/mol. The number of nitrogens with zero attached hydrogens (tertiary/aromatic N) is 1. The Hall–Kier alpha value is -1.51. The molecule has 0 spiro atoms. The van der Waals surface area contributed by atoms with Gasteiger partial charge in [0, 0.05) is 17.1 Å². The van der Waals surface area contributed by atoms with Crippen LogP contribution in [-0.4, -0.2) is 16.2 Å². The lowest BCUT2D eigenvalue weighted by Crippen LogP contribution is -2.19. The molecule has 2 N–H and O–H groups in total. The van der Waals surface area contributed by atoms with Crippen LogP contribution in [0.15, 0.2) is 24.4 Å². The van der Waals surface area contributed by atoms with Crippen LogP contribution >= 0.6 is 0 Å². The van der Waals surface area contributed by atoms with Gasteiger partial charge in [-0.1, -0.05) is 13.8 Å². The van der Waals surface area contributed by atoms with Crippen LogP contribution in [0.5, 0.6) is 0 Å². The normalized spacial score (nSPS) is 23.6. The van der Waals surface area contributed by atoms with Gasteiger partial charge in [0.25, 0.3) is 0 Å². The zero-order valence-electron chi connectivity index (χ0n) is 10.6. The van der Waals surface area contributed by atoms with Gasteiger partial charge in [-0.05, 0) is 42.9 Å². The Morgan fingerprint density at radius 1 is 1.47 bits per heavy atom. The van der Waals surface area contributed by atoms with E-state index in [0.29, 0.717) is 11.5 Å². The number of rotatable bonds is 3. The average molecular weight is 229 g/mol. The zero-order chi connectivity index (χ0) is 12.0. The molecule has 17 heavy (non-hydrogen) atoms. The molecule has 1 saturated carbocycles. The molecule has 1 aliphatic rings. The number of aromatic amines is 1. The fourth-order valence-corrected chi connectivity index (χ4v) is 2.76. The Balaban J connectivity index is 1.76. The van der Waals surface area contributed by atoms with Crippen molar-refractivity contribution in [2.24, 2.45) is 11.3 Å². The van der Waals surface area contributed by atoms with Gasteiger partial charge in [-0.25, -0.2) is 0 Å². The summed E-state index contributed by atoms with van der Waals surface area (Å²) in [6, 6.07) is 6.89. The minimum Gasteiger partial charge on any atom is -0.382 e. The molecule has 3 nitrogen and oxygen atoms in total. The van der Waals surface area contributed by atoms with Gasteiger partial charge in [-0.3, -0.25) is 5.10 Å². The van der Waals surface area contributed by atoms with Crippen LogP contribution in [0, 0.1) is 11.3 Å². The number of fused-ring (bicyclic) bond motifs is 1. The molecule has 3 rings (SSSR count). The molecule has 2 atom stereocenters. The van der Waals surface area contributed by atoms with E-state index in [1.54, 1.807) is 0 Å². The molecule has 0 unspecified atom stereocenters. The Morgan fingerprint density at radius 3 is 2.94 bits per heavy atom. The largest absolute Gasteiger partial charge is 0.382 e. The summed E-state index contributed by atoms with van der Waals surface area (Å²) >= 11 is 0. The lowest BCUT2D eigenvalue weighted by Gasteiger charge is -2.16.